The molecule has 0 amide bonds. The summed E-state index contributed by atoms with van der Waals surface area (Å²) in [5.74, 6) is 0.578. The van der Waals surface area contributed by atoms with Crippen molar-refractivity contribution in [1.29, 1.82) is 0 Å². The van der Waals surface area contributed by atoms with Crippen molar-refractivity contribution in [2.75, 3.05) is 6.26 Å². The van der Waals surface area contributed by atoms with Crippen molar-refractivity contribution in [3.05, 3.63) is 29.3 Å². The molecule has 5 heteroatoms. The number of benzene rings is 1. The summed E-state index contributed by atoms with van der Waals surface area (Å²) in [5.41, 5.74) is 2.26. The molecular formula is C15H20ClFN2S. The van der Waals surface area contributed by atoms with Crippen molar-refractivity contribution >= 4 is 34.4 Å². The van der Waals surface area contributed by atoms with Crippen LogP contribution in [0, 0.1) is 12.7 Å². The van der Waals surface area contributed by atoms with E-state index < -0.39 is 0 Å². The summed E-state index contributed by atoms with van der Waals surface area (Å²) in [6.07, 6.45) is 2.09. The van der Waals surface area contributed by atoms with Gasteiger partial charge in [0.25, 0.3) is 0 Å². The Morgan fingerprint density at radius 1 is 1.45 bits per heavy atom. The third-order valence-electron chi connectivity index (χ3n) is 3.51. The monoisotopic (exact) mass is 314 g/mol. The molecule has 1 aromatic carbocycles. The summed E-state index contributed by atoms with van der Waals surface area (Å²) in [4.78, 5) is 4.51. The maximum absolute atomic E-state index is 13.7. The third kappa shape index (κ3) is 2.96. The summed E-state index contributed by atoms with van der Waals surface area (Å²) in [6.45, 7) is 8.83. The number of rotatable bonds is 4. The molecule has 1 heterocycles. The molecule has 0 aliphatic carbocycles. The maximum Gasteiger partial charge on any atom is 0.128 e. The zero-order chi connectivity index (χ0) is 15.1. The molecule has 0 radical (unpaired) electrons. The lowest BCUT2D eigenvalue weighted by Crippen LogP contribution is -2.24. The Hall–Kier alpha value is -0.740. The highest BCUT2D eigenvalue weighted by atomic mass is 35.5. The van der Waals surface area contributed by atoms with Crippen molar-refractivity contribution in [3.8, 4) is 0 Å². The van der Waals surface area contributed by atoms with Crippen LogP contribution in [0.5, 0.6) is 0 Å². The van der Waals surface area contributed by atoms with E-state index in [1.165, 1.54) is 6.07 Å². The first-order valence-corrected chi connectivity index (χ1v) is 8.27. The standard InChI is InChI=1S/C15H20ClFN2S/c1-9-6-13-12(7-11(9)17)18-14(10(2)16)19(13)8-15(3,4)20-5/h6-7,10H,8H2,1-5H3. The topological polar surface area (TPSA) is 17.8 Å². The first kappa shape index (κ1) is 15.6. The quantitative estimate of drug-likeness (QED) is 0.745. The molecule has 2 aromatic rings. The van der Waals surface area contributed by atoms with E-state index >= 15 is 0 Å². The predicted octanol–water partition coefficient (Wildman–Crippen LogP) is 4.93. The van der Waals surface area contributed by atoms with Gasteiger partial charge in [-0.3, -0.25) is 0 Å². The van der Waals surface area contributed by atoms with Gasteiger partial charge in [0.15, 0.2) is 0 Å². The second-order valence-corrected chi connectivity index (χ2v) is 7.89. The molecule has 2 rings (SSSR count). The fraction of sp³-hybridized carbons (Fsp3) is 0.533. The van der Waals surface area contributed by atoms with Gasteiger partial charge in [0.2, 0.25) is 0 Å². The van der Waals surface area contributed by atoms with Crippen LogP contribution in [0.3, 0.4) is 0 Å². The fourth-order valence-electron chi connectivity index (χ4n) is 2.18. The van der Waals surface area contributed by atoms with Gasteiger partial charge >= 0.3 is 0 Å². The summed E-state index contributed by atoms with van der Waals surface area (Å²) in [6, 6.07) is 3.35. The molecule has 0 fully saturated rings. The molecule has 0 aliphatic heterocycles. The first-order chi connectivity index (χ1) is 9.25. The van der Waals surface area contributed by atoms with Gasteiger partial charge in [-0.15, -0.1) is 11.6 Å². The molecule has 0 bridgehead atoms. The Labute approximate surface area is 128 Å². The first-order valence-electron chi connectivity index (χ1n) is 6.60. The van der Waals surface area contributed by atoms with Gasteiger partial charge in [-0.1, -0.05) is 0 Å². The lowest BCUT2D eigenvalue weighted by molar-refractivity contribution is 0.558. The molecule has 1 aromatic heterocycles. The molecule has 2 nitrogen and oxygen atoms in total. The van der Waals surface area contributed by atoms with E-state index in [9.17, 15) is 4.39 Å². The minimum Gasteiger partial charge on any atom is -0.325 e. The number of hydrogen-bond acceptors (Lipinski definition) is 2. The number of aryl methyl sites for hydroxylation is 1. The van der Waals surface area contributed by atoms with Gasteiger partial charge in [0.1, 0.15) is 11.6 Å². The van der Waals surface area contributed by atoms with Crippen LogP contribution in [0.15, 0.2) is 12.1 Å². The molecular weight excluding hydrogens is 295 g/mol. The van der Waals surface area contributed by atoms with E-state index in [4.69, 9.17) is 11.6 Å². The second-order valence-electron chi connectivity index (χ2n) is 5.73. The van der Waals surface area contributed by atoms with Crippen molar-refractivity contribution in [2.45, 2.75) is 44.4 Å². The minimum atomic E-state index is -0.222. The highest BCUT2D eigenvalue weighted by molar-refractivity contribution is 7.99. The average molecular weight is 315 g/mol. The maximum atomic E-state index is 13.7. The number of fused-ring (bicyclic) bond motifs is 1. The van der Waals surface area contributed by atoms with Crippen molar-refractivity contribution < 1.29 is 4.39 Å². The molecule has 1 unspecified atom stereocenters. The SMILES string of the molecule is CSC(C)(C)Cn1c(C(C)Cl)nc2cc(F)c(C)cc21. The van der Waals surface area contributed by atoms with E-state index in [0.717, 1.165) is 17.9 Å². The van der Waals surface area contributed by atoms with Crippen molar-refractivity contribution in [2.24, 2.45) is 0 Å². The molecule has 0 spiro atoms. The number of imidazole rings is 1. The van der Waals surface area contributed by atoms with E-state index in [2.05, 4.69) is 29.7 Å². The number of hydrogen-bond donors (Lipinski definition) is 0. The van der Waals surface area contributed by atoms with Crippen LogP contribution in [0.4, 0.5) is 4.39 Å². The Bertz CT molecular complexity index is 634. The number of alkyl halides is 1. The van der Waals surface area contributed by atoms with E-state index in [1.54, 1.807) is 18.7 Å². The molecule has 0 saturated heterocycles. The van der Waals surface area contributed by atoms with Crippen LogP contribution in [-0.4, -0.2) is 20.6 Å². The smallest absolute Gasteiger partial charge is 0.128 e. The van der Waals surface area contributed by atoms with Crippen LogP contribution < -0.4 is 0 Å². The zero-order valence-electron chi connectivity index (χ0n) is 12.5. The number of aromatic nitrogens is 2. The zero-order valence-corrected chi connectivity index (χ0v) is 14.1. The lowest BCUT2D eigenvalue weighted by atomic mass is 10.1. The molecule has 0 N–H and O–H groups in total. The fourth-order valence-corrected chi connectivity index (χ4v) is 2.61. The Morgan fingerprint density at radius 2 is 2.10 bits per heavy atom. The van der Waals surface area contributed by atoms with Crippen molar-refractivity contribution in [1.82, 2.24) is 9.55 Å². The Kier molecular flexibility index (Phi) is 4.35. The molecule has 0 aliphatic rings. The predicted molar refractivity (Wildman–Crippen MR) is 86.3 cm³/mol. The van der Waals surface area contributed by atoms with Gasteiger partial charge < -0.3 is 4.57 Å². The van der Waals surface area contributed by atoms with Crippen LogP contribution >= 0.6 is 23.4 Å². The van der Waals surface area contributed by atoms with E-state index in [-0.39, 0.29) is 15.9 Å². The summed E-state index contributed by atoms with van der Waals surface area (Å²) < 4.78 is 15.9. The summed E-state index contributed by atoms with van der Waals surface area (Å²) >= 11 is 8.04. The van der Waals surface area contributed by atoms with Gasteiger partial charge in [-0.25, -0.2) is 9.37 Å². The minimum absolute atomic E-state index is 0.0659. The number of thioether (sulfide) groups is 1. The Balaban J connectivity index is 2.65. The van der Waals surface area contributed by atoms with E-state index in [1.807, 2.05) is 13.0 Å². The molecule has 20 heavy (non-hydrogen) atoms. The number of halogens is 2. The second kappa shape index (κ2) is 5.57. The van der Waals surface area contributed by atoms with Crippen LogP contribution in [0.2, 0.25) is 0 Å². The molecule has 110 valence electrons. The van der Waals surface area contributed by atoms with Crippen LogP contribution in [0.25, 0.3) is 11.0 Å². The molecule has 0 saturated carbocycles. The largest absolute Gasteiger partial charge is 0.325 e. The van der Waals surface area contributed by atoms with Gasteiger partial charge in [0, 0.05) is 17.4 Å². The van der Waals surface area contributed by atoms with E-state index in [0.29, 0.717) is 11.1 Å². The van der Waals surface area contributed by atoms with Gasteiger partial charge in [0.05, 0.1) is 16.4 Å². The van der Waals surface area contributed by atoms with Crippen molar-refractivity contribution in [3.63, 3.8) is 0 Å². The molecule has 1 atom stereocenters. The highest BCUT2D eigenvalue weighted by Crippen LogP contribution is 2.31. The Morgan fingerprint density at radius 3 is 2.65 bits per heavy atom. The van der Waals surface area contributed by atoms with Gasteiger partial charge in [-0.05, 0) is 45.6 Å². The summed E-state index contributed by atoms with van der Waals surface area (Å²) in [7, 11) is 0. The lowest BCUT2D eigenvalue weighted by Gasteiger charge is -2.24. The highest BCUT2D eigenvalue weighted by Gasteiger charge is 2.23. The summed E-state index contributed by atoms with van der Waals surface area (Å²) in [5, 5.41) is -0.205. The van der Waals surface area contributed by atoms with Gasteiger partial charge in [-0.2, -0.15) is 11.8 Å². The normalized spacial score (nSPS) is 13.9. The average Bonchev–Trinajstić information content (AvgIpc) is 2.68. The number of nitrogens with zero attached hydrogens (tertiary/aromatic N) is 2. The van der Waals surface area contributed by atoms with Crippen LogP contribution in [-0.2, 0) is 6.54 Å². The van der Waals surface area contributed by atoms with Crippen LogP contribution in [0.1, 0.15) is 37.5 Å². The third-order valence-corrected chi connectivity index (χ3v) is 4.93.